The van der Waals surface area contributed by atoms with Gasteiger partial charge in [0.2, 0.25) is 5.91 Å². The summed E-state index contributed by atoms with van der Waals surface area (Å²) in [5, 5.41) is 12.0. The van der Waals surface area contributed by atoms with E-state index in [1.165, 1.54) is 23.3 Å². The fraction of sp³-hybridized carbons (Fsp3) is 0.647. The summed E-state index contributed by atoms with van der Waals surface area (Å²) in [6, 6.07) is 1.99. The molecule has 23 heavy (non-hydrogen) atoms. The molecule has 2 amide bonds. The SMILES string of the molecule is O=C(NCC(=O)N1CCCC(CO)C1)c1cc2c(s1)CCCC2. The van der Waals surface area contributed by atoms with E-state index in [1.807, 2.05) is 6.07 Å². The number of nitrogens with zero attached hydrogens (tertiary/aromatic N) is 1. The first-order chi connectivity index (χ1) is 11.2. The van der Waals surface area contributed by atoms with Gasteiger partial charge in [-0.3, -0.25) is 9.59 Å². The van der Waals surface area contributed by atoms with E-state index in [0.717, 1.165) is 37.1 Å². The van der Waals surface area contributed by atoms with Crippen LogP contribution < -0.4 is 5.32 Å². The van der Waals surface area contributed by atoms with Crippen molar-refractivity contribution in [2.24, 2.45) is 5.92 Å². The number of amides is 2. The van der Waals surface area contributed by atoms with E-state index >= 15 is 0 Å². The fourth-order valence-corrected chi connectivity index (χ4v) is 4.57. The van der Waals surface area contributed by atoms with Crippen LogP contribution in [0.25, 0.3) is 0 Å². The van der Waals surface area contributed by atoms with Crippen molar-refractivity contribution >= 4 is 23.2 Å². The lowest BCUT2D eigenvalue weighted by Crippen LogP contribution is -2.45. The summed E-state index contributed by atoms with van der Waals surface area (Å²) in [6.07, 6.45) is 6.42. The predicted molar refractivity (Wildman–Crippen MR) is 89.7 cm³/mol. The van der Waals surface area contributed by atoms with E-state index in [-0.39, 0.29) is 30.9 Å². The summed E-state index contributed by atoms with van der Waals surface area (Å²) in [6.45, 7) is 1.48. The third kappa shape index (κ3) is 3.93. The smallest absolute Gasteiger partial charge is 0.261 e. The molecule has 1 unspecified atom stereocenters. The molecule has 1 aromatic rings. The van der Waals surface area contributed by atoms with Crippen LogP contribution in [0.4, 0.5) is 0 Å². The van der Waals surface area contributed by atoms with Crippen molar-refractivity contribution < 1.29 is 14.7 Å². The summed E-state index contributed by atoms with van der Waals surface area (Å²) < 4.78 is 0. The first-order valence-corrected chi connectivity index (χ1v) is 9.27. The Kier molecular flexibility index (Phi) is 5.33. The molecule has 3 rings (SSSR count). The van der Waals surface area contributed by atoms with Crippen molar-refractivity contribution in [1.29, 1.82) is 0 Å². The van der Waals surface area contributed by atoms with Crippen LogP contribution in [0, 0.1) is 5.92 Å². The van der Waals surface area contributed by atoms with Gasteiger partial charge in [0, 0.05) is 24.6 Å². The minimum absolute atomic E-state index is 0.0412. The molecule has 5 nitrogen and oxygen atoms in total. The number of hydrogen-bond donors (Lipinski definition) is 2. The van der Waals surface area contributed by atoms with Crippen LogP contribution in [0.2, 0.25) is 0 Å². The second kappa shape index (κ2) is 7.45. The molecule has 0 bridgehead atoms. The standard InChI is InChI=1S/C17H24N2O3S/c20-11-12-4-3-7-19(10-12)16(21)9-18-17(22)15-8-13-5-1-2-6-14(13)23-15/h8,12,20H,1-7,9-11H2,(H,18,22). The molecule has 0 radical (unpaired) electrons. The largest absolute Gasteiger partial charge is 0.396 e. The van der Waals surface area contributed by atoms with Gasteiger partial charge in [0.1, 0.15) is 0 Å². The van der Waals surface area contributed by atoms with E-state index < -0.39 is 0 Å². The van der Waals surface area contributed by atoms with Gasteiger partial charge in [-0.2, -0.15) is 0 Å². The molecule has 1 aromatic heterocycles. The maximum atomic E-state index is 12.3. The number of aliphatic hydroxyl groups is 1. The molecule has 0 spiro atoms. The molecule has 1 aliphatic heterocycles. The normalized spacial score (nSPS) is 20.9. The summed E-state index contributed by atoms with van der Waals surface area (Å²) >= 11 is 1.56. The van der Waals surface area contributed by atoms with E-state index in [4.69, 9.17) is 0 Å². The summed E-state index contributed by atoms with van der Waals surface area (Å²) in [7, 11) is 0. The van der Waals surface area contributed by atoms with Gasteiger partial charge in [-0.25, -0.2) is 0 Å². The highest BCUT2D eigenvalue weighted by molar-refractivity contribution is 7.14. The van der Waals surface area contributed by atoms with Crippen molar-refractivity contribution in [3.8, 4) is 0 Å². The molecule has 1 saturated heterocycles. The molecule has 2 heterocycles. The number of aliphatic hydroxyl groups excluding tert-OH is 1. The molecule has 126 valence electrons. The van der Waals surface area contributed by atoms with Gasteiger partial charge in [-0.1, -0.05) is 0 Å². The summed E-state index contributed by atoms with van der Waals surface area (Å²) in [5.74, 6) is -0.0290. The van der Waals surface area contributed by atoms with Crippen molar-refractivity contribution in [2.75, 3.05) is 26.2 Å². The van der Waals surface area contributed by atoms with Crippen LogP contribution in [0.1, 0.15) is 45.8 Å². The number of thiophene rings is 1. The number of nitrogens with one attached hydrogen (secondary N) is 1. The van der Waals surface area contributed by atoms with Crippen molar-refractivity contribution in [3.05, 3.63) is 21.4 Å². The number of piperidine rings is 1. The zero-order valence-corrected chi connectivity index (χ0v) is 14.2. The van der Waals surface area contributed by atoms with Crippen molar-refractivity contribution in [2.45, 2.75) is 38.5 Å². The maximum absolute atomic E-state index is 12.3. The number of carbonyl (C=O) groups excluding carboxylic acids is 2. The Balaban J connectivity index is 1.52. The molecule has 0 saturated carbocycles. The molecule has 2 N–H and O–H groups in total. The lowest BCUT2D eigenvalue weighted by Gasteiger charge is -2.31. The van der Waals surface area contributed by atoms with Crippen molar-refractivity contribution in [1.82, 2.24) is 10.2 Å². The summed E-state index contributed by atoms with van der Waals surface area (Å²) in [5.41, 5.74) is 1.31. The topological polar surface area (TPSA) is 69.6 Å². The van der Waals surface area contributed by atoms with Gasteiger partial charge >= 0.3 is 0 Å². The van der Waals surface area contributed by atoms with Crippen LogP contribution in [-0.4, -0.2) is 48.1 Å². The number of carbonyl (C=O) groups is 2. The van der Waals surface area contributed by atoms with Gasteiger partial charge in [0.15, 0.2) is 0 Å². The monoisotopic (exact) mass is 336 g/mol. The van der Waals surface area contributed by atoms with E-state index in [2.05, 4.69) is 5.32 Å². The number of likely N-dealkylation sites (tertiary alicyclic amines) is 1. The van der Waals surface area contributed by atoms with Crippen LogP contribution in [0.15, 0.2) is 6.07 Å². The quantitative estimate of drug-likeness (QED) is 0.877. The third-order valence-corrected chi connectivity index (χ3v) is 5.99. The Bertz CT molecular complexity index is 561. The van der Waals surface area contributed by atoms with Gasteiger partial charge in [-0.15, -0.1) is 11.3 Å². The molecule has 1 aliphatic carbocycles. The molecule has 6 heteroatoms. The first-order valence-electron chi connectivity index (χ1n) is 8.46. The first kappa shape index (κ1) is 16.5. The van der Waals surface area contributed by atoms with E-state index in [1.54, 1.807) is 16.2 Å². The molecular weight excluding hydrogens is 312 g/mol. The molecule has 0 aromatic carbocycles. The Hall–Kier alpha value is -1.40. The minimum Gasteiger partial charge on any atom is -0.396 e. The Morgan fingerprint density at radius 1 is 1.30 bits per heavy atom. The van der Waals surface area contributed by atoms with Gasteiger partial charge in [-0.05, 0) is 56.1 Å². The Labute approximate surface area is 140 Å². The lowest BCUT2D eigenvalue weighted by molar-refractivity contribution is -0.132. The molecule has 1 atom stereocenters. The van der Waals surface area contributed by atoms with Crippen LogP contribution in [0.3, 0.4) is 0 Å². The maximum Gasteiger partial charge on any atom is 0.261 e. The van der Waals surface area contributed by atoms with Gasteiger partial charge < -0.3 is 15.3 Å². The van der Waals surface area contributed by atoms with E-state index in [0.29, 0.717) is 6.54 Å². The molecular formula is C17H24N2O3S. The number of hydrogen-bond acceptors (Lipinski definition) is 4. The van der Waals surface area contributed by atoms with E-state index in [9.17, 15) is 14.7 Å². The molecule has 2 aliphatic rings. The number of fused-ring (bicyclic) bond motifs is 1. The Morgan fingerprint density at radius 3 is 2.91 bits per heavy atom. The minimum atomic E-state index is -0.145. The highest BCUT2D eigenvalue weighted by Crippen LogP contribution is 2.29. The highest BCUT2D eigenvalue weighted by atomic mass is 32.1. The second-order valence-corrected chi connectivity index (χ2v) is 7.62. The van der Waals surface area contributed by atoms with Gasteiger partial charge in [0.05, 0.1) is 11.4 Å². The highest BCUT2D eigenvalue weighted by Gasteiger charge is 2.24. The second-order valence-electron chi connectivity index (χ2n) is 6.48. The average Bonchev–Trinajstić information content (AvgIpc) is 3.03. The van der Waals surface area contributed by atoms with Crippen LogP contribution >= 0.6 is 11.3 Å². The van der Waals surface area contributed by atoms with Gasteiger partial charge in [0.25, 0.3) is 5.91 Å². The number of rotatable bonds is 4. The van der Waals surface area contributed by atoms with Crippen molar-refractivity contribution in [3.63, 3.8) is 0 Å². The summed E-state index contributed by atoms with van der Waals surface area (Å²) in [4.78, 5) is 28.3. The lowest BCUT2D eigenvalue weighted by atomic mass is 9.99. The Morgan fingerprint density at radius 2 is 2.13 bits per heavy atom. The zero-order chi connectivity index (χ0) is 16.2. The molecule has 1 fully saturated rings. The fourth-order valence-electron chi connectivity index (χ4n) is 3.40. The number of aryl methyl sites for hydroxylation is 2. The predicted octanol–water partition coefficient (Wildman–Crippen LogP) is 1.59. The third-order valence-electron chi connectivity index (χ3n) is 4.75. The average molecular weight is 336 g/mol. The van der Waals surface area contributed by atoms with Crippen LogP contribution in [-0.2, 0) is 17.6 Å². The zero-order valence-electron chi connectivity index (χ0n) is 13.3. The van der Waals surface area contributed by atoms with Crippen LogP contribution in [0.5, 0.6) is 0 Å².